The van der Waals surface area contributed by atoms with Crippen LogP contribution in [-0.2, 0) is 6.54 Å². The highest BCUT2D eigenvalue weighted by Crippen LogP contribution is 2.33. The van der Waals surface area contributed by atoms with Crippen molar-refractivity contribution in [1.29, 1.82) is 0 Å². The van der Waals surface area contributed by atoms with Gasteiger partial charge in [0.1, 0.15) is 0 Å². The second-order valence-corrected chi connectivity index (χ2v) is 6.55. The van der Waals surface area contributed by atoms with Gasteiger partial charge in [0.25, 0.3) is 0 Å². The van der Waals surface area contributed by atoms with E-state index in [9.17, 15) is 0 Å². The van der Waals surface area contributed by atoms with Crippen LogP contribution in [0.2, 0.25) is 0 Å². The minimum atomic E-state index is 0.563. The molecule has 1 atom stereocenters. The van der Waals surface area contributed by atoms with Crippen molar-refractivity contribution in [1.82, 2.24) is 14.7 Å². The number of para-hydroxylation sites is 1. The summed E-state index contributed by atoms with van der Waals surface area (Å²) in [6, 6.07) is 15.2. The van der Waals surface area contributed by atoms with Crippen LogP contribution in [0.1, 0.15) is 30.1 Å². The fourth-order valence-corrected chi connectivity index (χ4v) is 3.94. The monoisotopic (exact) mass is 309 g/mol. The topological polar surface area (TPSA) is 21.1 Å². The molecule has 3 aromatic rings. The van der Waals surface area contributed by atoms with E-state index in [1.807, 2.05) is 22.9 Å². The normalized spacial score (nSPS) is 18.8. The van der Waals surface area contributed by atoms with Gasteiger partial charge >= 0.3 is 0 Å². The Labute approximate surface area is 134 Å². The lowest BCUT2D eigenvalue weighted by Gasteiger charge is -2.22. The summed E-state index contributed by atoms with van der Waals surface area (Å²) < 4.78 is 1.96. The molecule has 0 bridgehead atoms. The molecule has 3 heterocycles. The lowest BCUT2D eigenvalue weighted by molar-refractivity contribution is 0.245. The Bertz CT molecular complexity index is 718. The van der Waals surface area contributed by atoms with Crippen molar-refractivity contribution in [2.45, 2.75) is 25.4 Å². The van der Waals surface area contributed by atoms with Crippen LogP contribution in [0, 0.1) is 0 Å². The van der Waals surface area contributed by atoms with Crippen LogP contribution in [0.5, 0.6) is 0 Å². The predicted molar refractivity (Wildman–Crippen MR) is 90.3 cm³/mol. The molecule has 1 aromatic carbocycles. The molecule has 0 radical (unpaired) electrons. The quantitative estimate of drug-likeness (QED) is 0.717. The zero-order valence-electron chi connectivity index (χ0n) is 12.4. The maximum atomic E-state index is 4.74. The smallest absolute Gasteiger partial charge is 0.0769 e. The number of rotatable bonds is 4. The van der Waals surface area contributed by atoms with E-state index in [1.165, 1.54) is 24.9 Å². The molecule has 0 N–H and O–H groups in total. The van der Waals surface area contributed by atoms with Gasteiger partial charge in [0.05, 0.1) is 11.4 Å². The number of benzene rings is 1. The van der Waals surface area contributed by atoms with Gasteiger partial charge < -0.3 is 0 Å². The highest BCUT2D eigenvalue weighted by molar-refractivity contribution is 7.07. The number of nitrogens with zero attached hydrogens (tertiary/aromatic N) is 3. The van der Waals surface area contributed by atoms with Crippen LogP contribution < -0.4 is 0 Å². The van der Waals surface area contributed by atoms with Crippen LogP contribution in [0.15, 0.2) is 59.4 Å². The van der Waals surface area contributed by atoms with Crippen molar-refractivity contribution in [3.8, 4) is 5.69 Å². The molecule has 0 aliphatic carbocycles. The molecule has 3 nitrogen and oxygen atoms in total. The summed E-state index contributed by atoms with van der Waals surface area (Å²) >= 11 is 1.79. The van der Waals surface area contributed by atoms with E-state index in [4.69, 9.17) is 5.10 Å². The maximum Gasteiger partial charge on any atom is 0.0769 e. The molecule has 1 aliphatic heterocycles. The third-order valence-electron chi connectivity index (χ3n) is 4.32. The number of likely N-dealkylation sites (tertiary alicyclic amines) is 1. The molecule has 0 saturated carbocycles. The van der Waals surface area contributed by atoms with E-state index in [0.717, 1.165) is 17.9 Å². The first-order valence-electron chi connectivity index (χ1n) is 7.76. The summed E-state index contributed by atoms with van der Waals surface area (Å²) in [5.74, 6) is 0. The Morgan fingerprint density at radius 3 is 2.86 bits per heavy atom. The Morgan fingerprint density at radius 2 is 2.05 bits per heavy atom. The largest absolute Gasteiger partial charge is 0.290 e. The van der Waals surface area contributed by atoms with Gasteiger partial charge in [-0.05, 0) is 60.0 Å². The van der Waals surface area contributed by atoms with Gasteiger partial charge in [-0.25, -0.2) is 4.68 Å². The SMILES string of the molecule is c1ccc(-n2ccc(CN3CCC[C@@H]3c3ccsc3)n2)cc1. The summed E-state index contributed by atoms with van der Waals surface area (Å²) in [6.07, 6.45) is 4.59. The van der Waals surface area contributed by atoms with Gasteiger partial charge in [-0.1, -0.05) is 18.2 Å². The third-order valence-corrected chi connectivity index (χ3v) is 5.02. The van der Waals surface area contributed by atoms with Crippen molar-refractivity contribution < 1.29 is 0 Å². The highest BCUT2D eigenvalue weighted by atomic mass is 32.1. The van der Waals surface area contributed by atoms with Crippen LogP contribution in [0.25, 0.3) is 5.69 Å². The van der Waals surface area contributed by atoms with Crippen molar-refractivity contribution >= 4 is 11.3 Å². The number of thiophene rings is 1. The van der Waals surface area contributed by atoms with Crippen LogP contribution in [0.3, 0.4) is 0 Å². The molecule has 2 aromatic heterocycles. The second-order valence-electron chi connectivity index (χ2n) is 5.77. The Morgan fingerprint density at radius 1 is 1.14 bits per heavy atom. The Hall–Kier alpha value is -1.91. The molecular formula is C18H19N3S. The highest BCUT2D eigenvalue weighted by Gasteiger charge is 2.26. The first-order valence-corrected chi connectivity index (χ1v) is 8.70. The molecule has 4 heteroatoms. The van der Waals surface area contributed by atoms with E-state index in [2.05, 4.69) is 46.1 Å². The average Bonchev–Trinajstić information content (AvgIpc) is 3.30. The van der Waals surface area contributed by atoms with E-state index in [-0.39, 0.29) is 0 Å². The first-order chi connectivity index (χ1) is 10.9. The summed E-state index contributed by atoms with van der Waals surface area (Å²) in [5, 5.41) is 9.20. The molecule has 1 saturated heterocycles. The summed E-state index contributed by atoms with van der Waals surface area (Å²) in [7, 11) is 0. The average molecular weight is 309 g/mol. The van der Waals surface area contributed by atoms with Crippen molar-refractivity contribution in [3.63, 3.8) is 0 Å². The van der Waals surface area contributed by atoms with Gasteiger partial charge in [-0.3, -0.25) is 4.90 Å². The van der Waals surface area contributed by atoms with E-state index in [0.29, 0.717) is 6.04 Å². The lowest BCUT2D eigenvalue weighted by Crippen LogP contribution is -2.22. The zero-order valence-corrected chi connectivity index (χ0v) is 13.2. The van der Waals surface area contributed by atoms with Gasteiger partial charge in [0.15, 0.2) is 0 Å². The molecule has 1 fully saturated rings. The summed E-state index contributed by atoms with van der Waals surface area (Å²) in [4.78, 5) is 2.56. The molecule has 112 valence electrons. The van der Waals surface area contributed by atoms with Gasteiger partial charge in [-0.2, -0.15) is 16.4 Å². The molecule has 0 amide bonds. The van der Waals surface area contributed by atoms with Crippen LogP contribution >= 0.6 is 11.3 Å². The summed E-state index contributed by atoms with van der Waals surface area (Å²) in [5.41, 5.74) is 3.72. The zero-order chi connectivity index (χ0) is 14.8. The van der Waals surface area contributed by atoms with Crippen molar-refractivity contribution in [3.05, 3.63) is 70.7 Å². The predicted octanol–water partition coefficient (Wildman–Crippen LogP) is 4.27. The van der Waals surface area contributed by atoms with Crippen LogP contribution in [-0.4, -0.2) is 21.2 Å². The second kappa shape index (κ2) is 6.07. The van der Waals surface area contributed by atoms with E-state index in [1.54, 1.807) is 11.3 Å². The van der Waals surface area contributed by atoms with Gasteiger partial charge in [0.2, 0.25) is 0 Å². The Balaban J connectivity index is 1.51. The maximum absolute atomic E-state index is 4.74. The number of aromatic nitrogens is 2. The Kier molecular flexibility index (Phi) is 3.79. The minimum Gasteiger partial charge on any atom is -0.290 e. The number of hydrogen-bond donors (Lipinski definition) is 0. The number of hydrogen-bond acceptors (Lipinski definition) is 3. The standard InChI is InChI=1S/C18H19N3S/c1-2-5-17(6-3-1)21-11-8-16(19-21)13-20-10-4-7-18(20)15-9-12-22-14-15/h1-3,5-6,8-9,11-12,14,18H,4,7,10,13H2/t18-/m1/s1. The molecule has 0 spiro atoms. The summed E-state index contributed by atoms with van der Waals surface area (Å²) in [6.45, 7) is 2.10. The molecular weight excluding hydrogens is 290 g/mol. The van der Waals surface area contributed by atoms with E-state index < -0.39 is 0 Å². The molecule has 22 heavy (non-hydrogen) atoms. The van der Waals surface area contributed by atoms with Crippen molar-refractivity contribution in [2.24, 2.45) is 0 Å². The lowest BCUT2D eigenvalue weighted by atomic mass is 10.1. The minimum absolute atomic E-state index is 0.563. The van der Waals surface area contributed by atoms with Crippen molar-refractivity contribution in [2.75, 3.05) is 6.54 Å². The fourth-order valence-electron chi connectivity index (χ4n) is 3.24. The van der Waals surface area contributed by atoms with E-state index >= 15 is 0 Å². The van der Waals surface area contributed by atoms with Gasteiger partial charge in [0, 0.05) is 18.8 Å². The molecule has 0 unspecified atom stereocenters. The van der Waals surface area contributed by atoms with Gasteiger partial charge in [-0.15, -0.1) is 0 Å². The first kappa shape index (κ1) is 13.7. The van der Waals surface area contributed by atoms with Crippen LogP contribution in [0.4, 0.5) is 0 Å². The molecule has 1 aliphatic rings. The molecule has 4 rings (SSSR count). The fraction of sp³-hybridized carbons (Fsp3) is 0.278. The third kappa shape index (κ3) is 2.72.